The number of aryl methyl sites for hydroxylation is 2. The normalized spacial score (nSPS) is 17.7. The fourth-order valence-corrected chi connectivity index (χ4v) is 6.53. The Morgan fingerprint density at radius 1 is 1.09 bits per heavy atom. The average Bonchev–Trinajstić information content (AvgIpc) is 3.54. The second kappa shape index (κ2) is 12.0. The number of pyridine rings is 1. The molecule has 9 heteroatoms. The topological polar surface area (TPSA) is 110 Å². The fourth-order valence-electron chi connectivity index (χ4n) is 6.53. The number of hydrogen-bond acceptors (Lipinski definition) is 7. The van der Waals surface area contributed by atoms with Gasteiger partial charge in [-0.3, -0.25) is 14.6 Å². The number of fused-ring (bicyclic) bond motifs is 2. The molecule has 9 nitrogen and oxygen atoms in total. The SMILES string of the molecule is Cc1ccc(OCC(O)CNc2cc[nH]c(=O)c2C2=Nc3cc4c(cc3C2)C(=O)N(C2CCN(C(C)C)CC2)C4)c(C)c1. The number of aromatic nitrogens is 1. The lowest BCUT2D eigenvalue weighted by atomic mass is 10.00. The number of H-pyrrole nitrogens is 1. The Morgan fingerprint density at radius 3 is 2.63 bits per heavy atom. The smallest absolute Gasteiger partial charge is 0.259 e. The van der Waals surface area contributed by atoms with Crippen molar-refractivity contribution in [1.29, 1.82) is 0 Å². The van der Waals surface area contributed by atoms with Crippen molar-refractivity contribution in [1.82, 2.24) is 14.8 Å². The summed E-state index contributed by atoms with van der Waals surface area (Å²) in [5.74, 6) is 0.843. The average molecular weight is 584 g/mol. The molecule has 1 amide bonds. The van der Waals surface area contributed by atoms with Gasteiger partial charge in [0.15, 0.2) is 0 Å². The van der Waals surface area contributed by atoms with E-state index in [1.54, 1.807) is 12.3 Å². The number of ether oxygens (including phenoxy) is 1. The first-order valence-corrected chi connectivity index (χ1v) is 15.3. The van der Waals surface area contributed by atoms with Gasteiger partial charge in [-0.05, 0) is 81.5 Å². The van der Waals surface area contributed by atoms with Crippen molar-refractivity contribution in [3.63, 3.8) is 0 Å². The highest BCUT2D eigenvalue weighted by atomic mass is 16.5. The number of aliphatic imine (C=N–C) groups is 1. The van der Waals surface area contributed by atoms with Crippen LogP contribution in [0.2, 0.25) is 0 Å². The van der Waals surface area contributed by atoms with Crippen LogP contribution in [0, 0.1) is 13.8 Å². The largest absolute Gasteiger partial charge is 0.491 e. The Kier molecular flexibility index (Phi) is 8.11. The van der Waals surface area contributed by atoms with Gasteiger partial charge in [-0.2, -0.15) is 0 Å². The standard InChI is InChI=1S/C34H41N5O4/c1-20(2)38-11-8-25(9-12-38)39-18-24-16-29-23(14-27(24)34(39)42)15-30(37-29)32-28(7-10-35-33(32)41)36-17-26(40)19-43-31-6-5-21(3)13-22(31)4/h5-7,10,13-14,16,20,25-26,40H,8-9,11-12,15,17-19H2,1-4H3,(H2,35,36,41). The van der Waals surface area contributed by atoms with Gasteiger partial charge in [0.05, 0.1) is 22.6 Å². The first-order chi connectivity index (χ1) is 20.7. The van der Waals surface area contributed by atoms with E-state index in [1.165, 1.54) is 0 Å². The van der Waals surface area contributed by atoms with E-state index in [9.17, 15) is 14.7 Å². The van der Waals surface area contributed by atoms with Gasteiger partial charge < -0.3 is 29.9 Å². The molecule has 226 valence electrons. The van der Waals surface area contributed by atoms with E-state index >= 15 is 0 Å². The molecule has 3 aromatic rings. The Labute approximate surface area is 252 Å². The highest BCUT2D eigenvalue weighted by Crippen LogP contribution is 2.37. The third-order valence-electron chi connectivity index (χ3n) is 8.96. The molecule has 3 aliphatic rings. The molecule has 2 aromatic carbocycles. The highest BCUT2D eigenvalue weighted by Gasteiger charge is 2.36. The molecule has 0 aliphatic carbocycles. The molecular weight excluding hydrogens is 542 g/mol. The second-order valence-electron chi connectivity index (χ2n) is 12.4. The minimum absolute atomic E-state index is 0.103. The summed E-state index contributed by atoms with van der Waals surface area (Å²) >= 11 is 0. The molecule has 1 atom stereocenters. The van der Waals surface area contributed by atoms with Gasteiger partial charge in [0.2, 0.25) is 0 Å². The number of hydrogen-bond donors (Lipinski definition) is 3. The number of amides is 1. The van der Waals surface area contributed by atoms with Crippen LogP contribution in [0.15, 0.2) is 52.4 Å². The number of nitrogens with zero attached hydrogens (tertiary/aromatic N) is 3. The number of anilines is 1. The van der Waals surface area contributed by atoms with Crippen LogP contribution in [0.25, 0.3) is 0 Å². The maximum atomic E-state index is 13.5. The maximum absolute atomic E-state index is 13.5. The fraction of sp³-hybridized carbons (Fsp3) is 0.441. The maximum Gasteiger partial charge on any atom is 0.259 e. The van der Waals surface area contributed by atoms with E-state index < -0.39 is 6.10 Å². The Hall–Kier alpha value is -3.95. The summed E-state index contributed by atoms with van der Waals surface area (Å²) in [6, 6.07) is 12.5. The van der Waals surface area contributed by atoms with Crippen LogP contribution in [-0.2, 0) is 13.0 Å². The summed E-state index contributed by atoms with van der Waals surface area (Å²) in [4.78, 5) is 38.6. The molecule has 1 saturated heterocycles. The predicted octanol–water partition coefficient (Wildman–Crippen LogP) is 4.35. The van der Waals surface area contributed by atoms with Crippen LogP contribution in [0.4, 0.5) is 11.4 Å². The number of rotatable bonds is 9. The number of benzene rings is 2. The van der Waals surface area contributed by atoms with Crippen LogP contribution in [0.5, 0.6) is 5.75 Å². The molecule has 1 aromatic heterocycles. The monoisotopic (exact) mass is 583 g/mol. The summed E-state index contributed by atoms with van der Waals surface area (Å²) in [6.45, 7) is 11.4. The van der Waals surface area contributed by atoms with E-state index in [0.29, 0.717) is 36.0 Å². The molecule has 0 saturated carbocycles. The minimum atomic E-state index is -0.787. The molecular formula is C34H41N5O4. The van der Waals surface area contributed by atoms with Gasteiger partial charge >= 0.3 is 0 Å². The van der Waals surface area contributed by atoms with Gasteiger partial charge in [-0.25, -0.2) is 0 Å². The van der Waals surface area contributed by atoms with Gasteiger partial charge in [0.25, 0.3) is 11.5 Å². The molecule has 43 heavy (non-hydrogen) atoms. The van der Waals surface area contributed by atoms with Crippen molar-refractivity contribution < 1.29 is 14.6 Å². The number of nitrogens with one attached hydrogen (secondary N) is 2. The second-order valence-corrected chi connectivity index (χ2v) is 12.4. The summed E-state index contributed by atoms with van der Waals surface area (Å²) in [5.41, 5.74) is 7.15. The first-order valence-electron chi connectivity index (χ1n) is 15.3. The lowest BCUT2D eigenvalue weighted by Gasteiger charge is -2.38. The highest BCUT2D eigenvalue weighted by molar-refractivity contribution is 6.10. The number of carbonyl (C=O) groups excluding carboxylic acids is 1. The van der Waals surface area contributed by atoms with E-state index in [2.05, 4.69) is 29.0 Å². The molecule has 3 aliphatic heterocycles. The summed E-state index contributed by atoms with van der Waals surface area (Å²) in [7, 11) is 0. The first kappa shape index (κ1) is 29.1. The van der Waals surface area contributed by atoms with Crippen molar-refractivity contribution in [3.05, 3.63) is 86.3 Å². The van der Waals surface area contributed by atoms with Crippen molar-refractivity contribution in [2.75, 3.05) is 31.6 Å². The number of likely N-dealkylation sites (tertiary alicyclic amines) is 1. The Balaban J connectivity index is 1.13. The zero-order valence-electron chi connectivity index (χ0n) is 25.4. The number of aliphatic hydroxyl groups is 1. The molecule has 4 heterocycles. The van der Waals surface area contributed by atoms with Crippen molar-refractivity contribution in [2.45, 2.75) is 71.7 Å². The molecule has 0 radical (unpaired) electrons. The predicted molar refractivity (Wildman–Crippen MR) is 169 cm³/mol. The van der Waals surface area contributed by atoms with E-state index in [-0.39, 0.29) is 30.7 Å². The van der Waals surface area contributed by atoms with Crippen LogP contribution in [0.3, 0.4) is 0 Å². The molecule has 1 unspecified atom stereocenters. The van der Waals surface area contributed by atoms with E-state index in [1.807, 2.05) is 49.1 Å². The van der Waals surface area contributed by atoms with Crippen molar-refractivity contribution in [3.8, 4) is 5.75 Å². The van der Waals surface area contributed by atoms with Crippen molar-refractivity contribution >= 4 is 23.0 Å². The molecule has 3 N–H and O–H groups in total. The number of piperidine rings is 1. The van der Waals surface area contributed by atoms with E-state index in [0.717, 1.165) is 65.2 Å². The van der Waals surface area contributed by atoms with Gasteiger partial charge in [0, 0.05) is 56.4 Å². The van der Waals surface area contributed by atoms with Crippen LogP contribution >= 0.6 is 0 Å². The molecule has 0 spiro atoms. The van der Waals surface area contributed by atoms with E-state index in [4.69, 9.17) is 9.73 Å². The third-order valence-corrected chi connectivity index (χ3v) is 8.96. The number of aliphatic hydroxyl groups excluding tert-OH is 1. The molecule has 1 fully saturated rings. The minimum Gasteiger partial charge on any atom is -0.491 e. The van der Waals surface area contributed by atoms with Crippen LogP contribution in [-0.4, -0.2) is 75.9 Å². The van der Waals surface area contributed by atoms with Crippen molar-refractivity contribution in [2.24, 2.45) is 4.99 Å². The Bertz CT molecular complexity index is 1620. The summed E-state index contributed by atoms with van der Waals surface area (Å²) < 4.78 is 5.83. The third kappa shape index (κ3) is 5.96. The van der Waals surface area contributed by atoms with Gasteiger partial charge in [-0.15, -0.1) is 0 Å². The zero-order chi connectivity index (χ0) is 30.2. The number of carbonyl (C=O) groups is 1. The lowest BCUT2D eigenvalue weighted by Crippen LogP contribution is -2.46. The van der Waals surface area contributed by atoms with Crippen LogP contribution < -0.4 is 15.6 Å². The molecule has 0 bridgehead atoms. The molecule has 6 rings (SSSR count). The lowest BCUT2D eigenvalue weighted by molar-refractivity contribution is 0.0566. The van der Waals surface area contributed by atoms with Crippen LogP contribution in [0.1, 0.15) is 64.9 Å². The van der Waals surface area contributed by atoms with Gasteiger partial charge in [-0.1, -0.05) is 17.7 Å². The summed E-state index contributed by atoms with van der Waals surface area (Å²) in [5, 5.41) is 13.8. The summed E-state index contributed by atoms with van der Waals surface area (Å²) in [6.07, 6.45) is 3.26. The Morgan fingerprint density at radius 2 is 1.88 bits per heavy atom. The quantitative estimate of drug-likeness (QED) is 0.346. The zero-order valence-corrected chi connectivity index (χ0v) is 25.4. The number of aromatic amines is 1. The van der Waals surface area contributed by atoms with Gasteiger partial charge in [0.1, 0.15) is 18.5 Å².